The molecule has 146 valence electrons. The van der Waals surface area contributed by atoms with Gasteiger partial charge in [-0.05, 0) is 38.4 Å². The number of hydrogen-bond acceptors (Lipinski definition) is 5. The zero-order valence-electron chi connectivity index (χ0n) is 15.8. The van der Waals surface area contributed by atoms with Gasteiger partial charge in [0.05, 0.1) is 18.0 Å². The molecule has 2 aromatic carbocycles. The molecule has 2 aromatic rings. The molecule has 1 heterocycles. The molecule has 1 aliphatic heterocycles. The summed E-state index contributed by atoms with van der Waals surface area (Å²) < 4.78 is 31.4. The van der Waals surface area contributed by atoms with Crippen molar-refractivity contribution in [1.82, 2.24) is 5.32 Å². The summed E-state index contributed by atoms with van der Waals surface area (Å²) in [5.41, 5.74) is 1.67. The highest BCUT2D eigenvalue weighted by atomic mass is 32.2. The number of aliphatic hydroxyl groups excluding tert-OH is 1. The zero-order valence-corrected chi connectivity index (χ0v) is 16.6. The van der Waals surface area contributed by atoms with Gasteiger partial charge in [0, 0.05) is 11.6 Å². The Balaban J connectivity index is 1.81. The van der Waals surface area contributed by atoms with Crippen molar-refractivity contribution in [2.24, 2.45) is 0 Å². The van der Waals surface area contributed by atoms with Crippen molar-refractivity contribution in [3.63, 3.8) is 0 Å². The number of aliphatic hydroxyl groups is 1. The molecule has 0 radical (unpaired) electrons. The summed E-state index contributed by atoms with van der Waals surface area (Å²) in [6.45, 7) is 4.34. The summed E-state index contributed by atoms with van der Waals surface area (Å²) in [5, 5.41) is 14.2. The normalized spacial score (nSPS) is 21.2. The van der Waals surface area contributed by atoms with Crippen molar-refractivity contribution in [3.05, 3.63) is 59.7 Å². The van der Waals surface area contributed by atoms with Gasteiger partial charge < -0.3 is 15.2 Å². The zero-order chi connectivity index (χ0) is 19.7. The molecule has 0 fully saturated rings. The third-order valence-electron chi connectivity index (χ3n) is 4.67. The molecule has 0 aliphatic carbocycles. The van der Waals surface area contributed by atoms with E-state index in [-0.39, 0.29) is 6.04 Å². The standard InChI is InChI=1S/C20H26N2O4S/c1-20(2)19(23)18(21-12-11-14-7-5-4-6-8-14)16-10-9-15(13-17(16)26-20)22-27(3,24)25/h4-10,13,18-19,21-23H,11-12H2,1-3H3/t18-,19+/m0/s1. The van der Waals surface area contributed by atoms with Crippen LogP contribution in [0.5, 0.6) is 5.75 Å². The summed E-state index contributed by atoms with van der Waals surface area (Å²) >= 11 is 0. The van der Waals surface area contributed by atoms with Crippen molar-refractivity contribution < 1.29 is 18.3 Å². The second-order valence-corrected chi connectivity index (χ2v) is 9.19. The van der Waals surface area contributed by atoms with E-state index in [4.69, 9.17) is 4.74 Å². The summed E-state index contributed by atoms with van der Waals surface area (Å²) in [6.07, 6.45) is 1.21. The van der Waals surface area contributed by atoms with Crippen LogP contribution in [0.25, 0.3) is 0 Å². The van der Waals surface area contributed by atoms with Gasteiger partial charge in [-0.25, -0.2) is 8.42 Å². The van der Waals surface area contributed by atoms with E-state index in [2.05, 4.69) is 22.2 Å². The van der Waals surface area contributed by atoms with Gasteiger partial charge in [0.25, 0.3) is 0 Å². The number of hydrogen-bond donors (Lipinski definition) is 3. The third kappa shape index (κ3) is 4.80. The van der Waals surface area contributed by atoms with Crippen LogP contribution in [0.1, 0.15) is 31.0 Å². The maximum Gasteiger partial charge on any atom is 0.229 e. The maximum absolute atomic E-state index is 11.5. The first-order valence-electron chi connectivity index (χ1n) is 8.92. The second-order valence-electron chi connectivity index (χ2n) is 7.44. The molecular weight excluding hydrogens is 364 g/mol. The summed E-state index contributed by atoms with van der Waals surface area (Å²) in [4.78, 5) is 0. The van der Waals surface area contributed by atoms with Crippen molar-refractivity contribution in [3.8, 4) is 5.75 Å². The fourth-order valence-electron chi connectivity index (χ4n) is 3.31. The predicted octanol–water partition coefficient (Wildman–Crippen LogP) is 2.46. The van der Waals surface area contributed by atoms with Crippen LogP contribution < -0.4 is 14.8 Å². The van der Waals surface area contributed by atoms with Crippen LogP contribution in [0.15, 0.2) is 48.5 Å². The van der Waals surface area contributed by atoms with Crippen LogP contribution in [0, 0.1) is 0 Å². The fourth-order valence-corrected chi connectivity index (χ4v) is 3.87. The smallest absolute Gasteiger partial charge is 0.229 e. The Labute approximate surface area is 160 Å². The minimum absolute atomic E-state index is 0.306. The Hall–Kier alpha value is -2.09. The molecule has 0 bridgehead atoms. The molecule has 1 aliphatic rings. The van der Waals surface area contributed by atoms with E-state index >= 15 is 0 Å². The van der Waals surface area contributed by atoms with Gasteiger partial charge in [0.1, 0.15) is 17.5 Å². The van der Waals surface area contributed by atoms with Crippen LogP contribution >= 0.6 is 0 Å². The summed E-state index contributed by atoms with van der Waals surface area (Å²) in [7, 11) is -3.37. The summed E-state index contributed by atoms with van der Waals surface area (Å²) in [6, 6.07) is 15.0. The number of sulfonamides is 1. The van der Waals surface area contributed by atoms with Crippen molar-refractivity contribution in [2.75, 3.05) is 17.5 Å². The first-order chi connectivity index (χ1) is 12.7. The highest BCUT2D eigenvalue weighted by Crippen LogP contribution is 2.41. The minimum Gasteiger partial charge on any atom is -0.485 e. The maximum atomic E-state index is 11.5. The molecule has 2 atom stereocenters. The van der Waals surface area contributed by atoms with Crippen LogP contribution in [0.3, 0.4) is 0 Å². The van der Waals surface area contributed by atoms with E-state index in [9.17, 15) is 13.5 Å². The molecular formula is C20H26N2O4S. The van der Waals surface area contributed by atoms with Crippen molar-refractivity contribution >= 4 is 15.7 Å². The van der Waals surface area contributed by atoms with Gasteiger partial charge in [0.15, 0.2) is 0 Å². The molecule has 0 spiro atoms. The Morgan fingerprint density at radius 2 is 1.85 bits per heavy atom. The Morgan fingerprint density at radius 1 is 1.15 bits per heavy atom. The van der Waals surface area contributed by atoms with Crippen molar-refractivity contribution in [1.29, 1.82) is 0 Å². The van der Waals surface area contributed by atoms with E-state index in [0.717, 1.165) is 18.2 Å². The van der Waals surface area contributed by atoms with Crippen LogP contribution in [0.4, 0.5) is 5.69 Å². The Kier molecular flexibility index (Phi) is 5.46. The highest BCUT2D eigenvalue weighted by Gasteiger charge is 2.42. The minimum atomic E-state index is -3.37. The number of nitrogens with one attached hydrogen (secondary N) is 2. The molecule has 0 amide bonds. The number of rotatable bonds is 6. The number of fused-ring (bicyclic) bond motifs is 1. The molecule has 6 nitrogen and oxygen atoms in total. The molecule has 7 heteroatoms. The Morgan fingerprint density at radius 3 is 2.52 bits per heavy atom. The molecule has 0 saturated heterocycles. The lowest BCUT2D eigenvalue weighted by molar-refractivity contribution is -0.0643. The lowest BCUT2D eigenvalue weighted by Crippen LogP contribution is -2.52. The second kappa shape index (κ2) is 7.50. The predicted molar refractivity (Wildman–Crippen MR) is 107 cm³/mol. The van der Waals surface area contributed by atoms with Crippen LogP contribution in [-0.4, -0.2) is 38.0 Å². The Bertz CT molecular complexity index is 897. The van der Waals surface area contributed by atoms with Crippen LogP contribution in [0.2, 0.25) is 0 Å². The lowest BCUT2D eigenvalue weighted by Gasteiger charge is -2.42. The first-order valence-corrected chi connectivity index (χ1v) is 10.8. The number of ether oxygens (including phenoxy) is 1. The quantitative estimate of drug-likeness (QED) is 0.705. The van der Waals surface area contributed by atoms with Gasteiger partial charge in [-0.2, -0.15) is 0 Å². The highest BCUT2D eigenvalue weighted by molar-refractivity contribution is 7.92. The summed E-state index contributed by atoms with van der Waals surface area (Å²) in [5.74, 6) is 0.566. The van der Waals surface area contributed by atoms with Gasteiger partial charge in [0.2, 0.25) is 10.0 Å². The van der Waals surface area contributed by atoms with Gasteiger partial charge in [-0.3, -0.25) is 4.72 Å². The molecule has 3 rings (SSSR count). The molecule has 0 aromatic heterocycles. The topological polar surface area (TPSA) is 87.7 Å². The largest absolute Gasteiger partial charge is 0.485 e. The van der Waals surface area contributed by atoms with E-state index in [0.29, 0.717) is 18.0 Å². The van der Waals surface area contributed by atoms with E-state index in [1.807, 2.05) is 32.0 Å². The van der Waals surface area contributed by atoms with E-state index in [1.54, 1.807) is 18.2 Å². The van der Waals surface area contributed by atoms with E-state index < -0.39 is 21.7 Å². The lowest BCUT2D eigenvalue weighted by atomic mass is 9.86. The SMILES string of the molecule is CC1(C)Oc2cc(NS(C)(=O)=O)ccc2[C@H](NCCc2ccccc2)[C@H]1O. The fraction of sp³-hybridized carbons (Fsp3) is 0.400. The average molecular weight is 391 g/mol. The molecule has 27 heavy (non-hydrogen) atoms. The average Bonchev–Trinajstić information content (AvgIpc) is 2.57. The van der Waals surface area contributed by atoms with Gasteiger partial charge in [-0.1, -0.05) is 36.4 Å². The van der Waals surface area contributed by atoms with Crippen molar-refractivity contribution in [2.45, 2.75) is 38.0 Å². The first kappa shape index (κ1) is 19.7. The molecule has 0 saturated carbocycles. The van der Waals surface area contributed by atoms with Gasteiger partial charge >= 0.3 is 0 Å². The molecule has 3 N–H and O–H groups in total. The number of anilines is 1. The molecule has 0 unspecified atom stereocenters. The van der Waals surface area contributed by atoms with E-state index in [1.165, 1.54) is 5.56 Å². The monoisotopic (exact) mass is 390 g/mol. The van der Waals surface area contributed by atoms with Crippen LogP contribution in [-0.2, 0) is 16.4 Å². The van der Waals surface area contributed by atoms with Gasteiger partial charge in [-0.15, -0.1) is 0 Å². The number of benzene rings is 2. The third-order valence-corrected chi connectivity index (χ3v) is 5.28.